The third-order valence-electron chi connectivity index (χ3n) is 5.79. The van der Waals surface area contributed by atoms with Crippen LogP contribution in [-0.4, -0.2) is 31.1 Å². The maximum atomic E-state index is 12.9. The molecule has 0 radical (unpaired) electrons. The molecule has 3 rings (SSSR count). The van der Waals surface area contributed by atoms with Crippen LogP contribution >= 0.6 is 0 Å². The van der Waals surface area contributed by atoms with Crippen molar-refractivity contribution < 1.29 is 9.59 Å². The molecular weight excluding hydrogens is 376 g/mol. The number of benzene rings is 2. The predicted molar refractivity (Wildman–Crippen MR) is 124 cm³/mol. The molecule has 2 aromatic rings. The van der Waals surface area contributed by atoms with Gasteiger partial charge in [0, 0.05) is 36.2 Å². The molecule has 1 fully saturated rings. The second-order valence-corrected chi connectivity index (χ2v) is 8.04. The highest BCUT2D eigenvalue weighted by Crippen LogP contribution is 2.28. The van der Waals surface area contributed by atoms with Crippen LogP contribution in [0.4, 0.5) is 21.9 Å². The molecule has 3 amide bonds. The van der Waals surface area contributed by atoms with Gasteiger partial charge in [-0.25, -0.2) is 4.79 Å². The molecule has 3 N–H and O–H groups in total. The lowest BCUT2D eigenvalue weighted by atomic mass is 10.1. The van der Waals surface area contributed by atoms with E-state index >= 15 is 0 Å². The zero-order chi connectivity index (χ0) is 21.7. The summed E-state index contributed by atoms with van der Waals surface area (Å²) in [7, 11) is 0. The molecule has 1 saturated heterocycles. The van der Waals surface area contributed by atoms with Gasteiger partial charge in [-0.15, -0.1) is 0 Å². The molecule has 6 heteroatoms. The number of carbonyl (C=O) groups is 2. The number of anilines is 3. The van der Waals surface area contributed by atoms with Gasteiger partial charge in [-0.2, -0.15) is 0 Å². The zero-order valence-corrected chi connectivity index (χ0v) is 18.3. The van der Waals surface area contributed by atoms with E-state index in [0.717, 1.165) is 54.9 Å². The highest BCUT2D eigenvalue weighted by molar-refractivity contribution is 6.04. The van der Waals surface area contributed by atoms with Gasteiger partial charge >= 0.3 is 6.03 Å². The van der Waals surface area contributed by atoms with Crippen molar-refractivity contribution in [2.45, 2.75) is 53.0 Å². The van der Waals surface area contributed by atoms with Crippen molar-refractivity contribution in [1.29, 1.82) is 0 Å². The van der Waals surface area contributed by atoms with Gasteiger partial charge in [0.25, 0.3) is 5.91 Å². The molecule has 160 valence electrons. The SMILES string of the molecule is CC[C@H](C)NC(=O)c1cc(NC(=O)Nc2cccc(C)c2C)ccc1N1CCCC1. The lowest BCUT2D eigenvalue weighted by molar-refractivity contribution is 0.0939. The maximum Gasteiger partial charge on any atom is 0.323 e. The molecule has 1 atom stereocenters. The fraction of sp³-hybridized carbons (Fsp3) is 0.417. The van der Waals surface area contributed by atoms with Crippen LogP contribution in [-0.2, 0) is 0 Å². The van der Waals surface area contributed by atoms with Crippen molar-refractivity contribution in [3.05, 3.63) is 53.1 Å². The quantitative estimate of drug-likeness (QED) is 0.624. The van der Waals surface area contributed by atoms with Crippen molar-refractivity contribution in [2.75, 3.05) is 28.6 Å². The first-order valence-corrected chi connectivity index (χ1v) is 10.7. The molecule has 0 spiro atoms. The van der Waals surface area contributed by atoms with Crippen molar-refractivity contribution in [3.63, 3.8) is 0 Å². The number of nitrogens with zero attached hydrogens (tertiary/aromatic N) is 1. The average Bonchev–Trinajstić information content (AvgIpc) is 3.26. The highest BCUT2D eigenvalue weighted by Gasteiger charge is 2.21. The standard InChI is InChI=1S/C24H32N4O2/c1-5-17(3)25-23(29)20-15-19(11-12-22(20)28-13-6-7-14-28)26-24(30)27-21-10-8-9-16(2)18(21)4/h8-12,15,17H,5-7,13-14H2,1-4H3,(H,25,29)(H2,26,27,30)/t17-/m0/s1. The van der Waals surface area contributed by atoms with Crippen LogP contribution in [0.2, 0.25) is 0 Å². The lowest BCUT2D eigenvalue weighted by Crippen LogP contribution is -2.33. The number of rotatable bonds is 6. The molecule has 0 bridgehead atoms. The molecule has 0 aromatic heterocycles. The number of aryl methyl sites for hydroxylation is 1. The van der Waals surface area contributed by atoms with E-state index in [2.05, 4.69) is 20.9 Å². The van der Waals surface area contributed by atoms with Crippen molar-refractivity contribution in [1.82, 2.24) is 5.32 Å². The maximum absolute atomic E-state index is 12.9. The Hall–Kier alpha value is -3.02. The van der Waals surface area contributed by atoms with Gasteiger partial charge in [0.2, 0.25) is 0 Å². The van der Waals surface area contributed by atoms with Gasteiger partial charge in [-0.1, -0.05) is 19.1 Å². The minimum absolute atomic E-state index is 0.0909. The zero-order valence-electron chi connectivity index (χ0n) is 18.3. The summed E-state index contributed by atoms with van der Waals surface area (Å²) in [5.41, 5.74) is 5.04. The Morgan fingerprint density at radius 2 is 1.80 bits per heavy atom. The first-order valence-electron chi connectivity index (χ1n) is 10.7. The van der Waals surface area contributed by atoms with Crippen LogP contribution in [0.1, 0.15) is 54.6 Å². The second kappa shape index (κ2) is 9.65. The number of nitrogens with one attached hydrogen (secondary N) is 3. The summed E-state index contributed by atoms with van der Waals surface area (Å²) < 4.78 is 0. The van der Waals surface area contributed by atoms with E-state index in [-0.39, 0.29) is 18.0 Å². The van der Waals surface area contributed by atoms with E-state index in [1.54, 1.807) is 6.07 Å². The number of hydrogen-bond acceptors (Lipinski definition) is 3. The number of urea groups is 1. The minimum atomic E-state index is -0.328. The highest BCUT2D eigenvalue weighted by atomic mass is 16.2. The molecule has 1 aliphatic heterocycles. The Morgan fingerprint density at radius 3 is 2.50 bits per heavy atom. The molecular formula is C24H32N4O2. The minimum Gasteiger partial charge on any atom is -0.371 e. The first kappa shape index (κ1) is 21.7. The Balaban J connectivity index is 1.80. The van der Waals surface area contributed by atoms with E-state index in [9.17, 15) is 9.59 Å². The van der Waals surface area contributed by atoms with Crippen LogP contribution in [0.25, 0.3) is 0 Å². The predicted octanol–water partition coefficient (Wildman–Crippen LogP) is 5.08. The first-order chi connectivity index (χ1) is 14.4. The van der Waals surface area contributed by atoms with Crippen LogP contribution < -0.4 is 20.9 Å². The molecule has 1 heterocycles. The van der Waals surface area contributed by atoms with E-state index in [0.29, 0.717) is 11.3 Å². The van der Waals surface area contributed by atoms with Crippen LogP contribution in [0.15, 0.2) is 36.4 Å². The van der Waals surface area contributed by atoms with Crippen LogP contribution in [0.3, 0.4) is 0 Å². The summed E-state index contributed by atoms with van der Waals surface area (Å²) in [5.74, 6) is -0.107. The Kier molecular flexibility index (Phi) is 6.98. The molecule has 30 heavy (non-hydrogen) atoms. The number of carbonyl (C=O) groups excluding carboxylic acids is 2. The fourth-order valence-electron chi connectivity index (χ4n) is 3.60. The van der Waals surface area contributed by atoms with E-state index in [1.807, 2.05) is 58.0 Å². The van der Waals surface area contributed by atoms with Gasteiger partial charge in [0.05, 0.1) is 5.56 Å². The van der Waals surface area contributed by atoms with Crippen molar-refractivity contribution in [2.24, 2.45) is 0 Å². The summed E-state index contributed by atoms with van der Waals surface area (Å²) in [6, 6.07) is 11.1. The summed E-state index contributed by atoms with van der Waals surface area (Å²) >= 11 is 0. The summed E-state index contributed by atoms with van der Waals surface area (Å²) in [6.45, 7) is 9.92. The normalized spacial score (nSPS) is 14.3. The van der Waals surface area contributed by atoms with E-state index in [1.165, 1.54) is 0 Å². The van der Waals surface area contributed by atoms with E-state index < -0.39 is 0 Å². The van der Waals surface area contributed by atoms with Gasteiger partial charge < -0.3 is 20.9 Å². The largest absolute Gasteiger partial charge is 0.371 e. The lowest BCUT2D eigenvalue weighted by Gasteiger charge is -2.23. The third kappa shape index (κ3) is 5.12. The van der Waals surface area contributed by atoms with E-state index in [4.69, 9.17) is 0 Å². The van der Waals surface area contributed by atoms with Crippen molar-refractivity contribution >= 4 is 29.0 Å². The third-order valence-corrected chi connectivity index (χ3v) is 5.79. The summed E-state index contributed by atoms with van der Waals surface area (Å²) in [6.07, 6.45) is 3.12. The van der Waals surface area contributed by atoms with Gasteiger partial charge in [-0.05, 0) is 75.4 Å². The molecule has 0 saturated carbocycles. The van der Waals surface area contributed by atoms with Crippen molar-refractivity contribution in [3.8, 4) is 0 Å². The Bertz CT molecular complexity index is 919. The smallest absolute Gasteiger partial charge is 0.323 e. The Labute approximate surface area is 179 Å². The summed E-state index contributed by atoms with van der Waals surface area (Å²) in [4.78, 5) is 27.7. The van der Waals surface area contributed by atoms with Crippen LogP contribution in [0, 0.1) is 13.8 Å². The number of hydrogen-bond donors (Lipinski definition) is 3. The molecule has 0 aliphatic carbocycles. The average molecular weight is 409 g/mol. The molecule has 1 aliphatic rings. The van der Waals surface area contributed by atoms with Gasteiger partial charge in [0.1, 0.15) is 0 Å². The fourth-order valence-corrected chi connectivity index (χ4v) is 3.60. The number of amides is 3. The van der Waals surface area contributed by atoms with Gasteiger partial charge in [0.15, 0.2) is 0 Å². The Morgan fingerprint density at radius 1 is 1.07 bits per heavy atom. The topological polar surface area (TPSA) is 73.5 Å². The second-order valence-electron chi connectivity index (χ2n) is 8.04. The summed E-state index contributed by atoms with van der Waals surface area (Å²) in [5, 5.41) is 8.82. The monoisotopic (exact) mass is 408 g/mol. The molecule has 0 unspecified atom stereocenters. The molecule has 6 nitrogen and oxygen atoms in total. The molecule has 2 aromatic carbocycles. The van der Waals surface area contributed by atoms with Crippen LogP contribution in [0.5, 0.6) is 0 Å². The van der Waals surface area contributed by atoms with Gasteiger partial charge in [-0.3, -0.25) is 4.79 Å².